The molecule has 0 aliphatic rings. The van der Waals surface area contributed by atoms with Crippen molar-refractivity contribution in [2.24, 2.45) is 0 Å². The standard InChI is InChI=1S/C11H9BrClFN2O/c12-6-1-2-8(14)7(5-6)10-11(13)16-9(15-10)3-4-17/h1-2,5,17H,3-4H2,(H,15,16). The summed E-state index contributed by atoms with van der Waals surface area (Å²) in [7, 11) is 0. The number of H-pyrrole nitrogens is 1. The van der Waals surface area contributed by atoms with Gasteiger partial charge in [-0.1, -0.05) is 27.5 Å². The summed E-state index contributed by atoms with van der Waals surface area (Å²) >= 11 is 9.23. The smallest absolute Gasteiger partial charge is 0.134 e. The van der Waals surface area contributed by atoms with Crippen LogP contribution in [0.2, 0.25) is 5.15 Å². The van der Waals surface area contributed by atoms with Crippen LogP contribution in [0.1, 0.15) is 5.82 Å². The molecular formula is C11H9BrClFN2O. The fourth-order valence-electron chi connectivity index (χ4n) is 1.48. The first-order valence-corrected chi connectivity index (χ1v) is 6.09. The van der Waals surface area contributed by atoms with E-state index < -0.39 is 5.82 Å². The summed E-state index contributed by atoms with van der Waals surface area (Å²) < 4.78 is 14.4. The summed E-state index contributed by atoms with van der Waals surface area (Å²) in [6.07, 6.45) is 0.356. The molecule has 0 bridgehead atoms. The van der Waals surface area contributed by atoms with Gasteiger partial charge in [-0.2, -0.15) is 0 Å². The molecule has 0 aliphatic heterocycles. The fourth-order valence-corrected chi connectivity index (χ4v) is 2.09. The van der Waals surface area contributed by atoms with Gasteiger partial charge in [0.05, 0.1) is 6.61 Å². The molecule has 1 aromatic carbocycles. The van der Waals surface area contributed by atoms with Crippen LogP contribution in [-0.4, -0.2) is 21.7 Å². The van der Waals surface area contributed by atoms with Crippen LogP contribution in [0, 0.1) is 5.82 Å². The first kappa shape index (κ1) is 12.5. The van der Waals surface area contributed by atoms with Gasteiger partial charge in [0, 0.05) is 16.5 Å². The van der Waals surface area contributed by atoms with Crippen molar-refractivity contribution in [3.05, 3.63) is 39.5 Å². The third-order valence-electron chi connectivity index (χ3n) is 2.24. The van der Waals surface area contributed by atoms with Crippen LogP contribution in [0.3, 0.4) is 0 Å². The van der Waals surface area contributed by atoms with Gasteiger partial charge in [-0.25, -0.2) is 9.37 Å². The highest BCUT2D eigenvalue weighted by Crippen LogP contribution is 2.30. The van der Waals surface area contributed by atoms with Crippen molar-refractivity contribution >= 4 is 27.5 Å². The normalized spacial score (nSPS) is 10.8. The second-order valence-corrected chi connectivity index (χ2v) is 4.74. The number of aliphatic hydroxyl groups excluding tert-OH is 1. The van der Waals surface area contributed by atoms with Crippen LogP contribution in [-0.2, 0) is 6.42 Å². The molecule has 90 valence electrons. The minimum Gasteiger partial charge on any atom is -0.396 e. The predicted octanol–water partition coefficient (Wildman–Crippen LogP) is 3.17. The van der Waals surface area contributed by atoms with E-state index in [1.54, 1.807) is 12.1 Å². The topological polar surface area (TPSA) is 48.9 Å². The SMILES string of the molecule is OCCc1nc(-c2cc(Br)ccc2F)c(Cl)[nH]1. The molecule has 0 unspecified atom stereocenters. The molecule has 0 spiro atoms. The van der Waals surface area contributed by atoms with Crippen molar-refractivity contribution in [2.45, 2.75) is 6.42 Å². The maximum Gasteiger partial charge on any atom is 0.134 e. The van der Waals surface area contributed by atoms with Gasteiger partial charge in [-0.05, 0) is 18.2 Å². The Kier molecular flexibility index (Phi) is 3.81. The van der Waals surface area contributed by atoms with Crippen LogP contribution in [0.4, 0.5) is 4.39 Å². The highest BCUT2D eigenvalue weighted by atomic mass is 79.9. The minimum atomic E-state index is -0.392. The molecule has 0 atom stereocenters. The zero-order chi connectivity index (χ0) is 12.4. The molecule has 1 aromatic heterocycles. The van der Waals surface area contributed by atoms with Crippen LogP contribution in [0.25, 0.3) is 11.3 Å². The molecule has 2 N–H and O–H groups in total. The number of aromatic amines is 1. The summed E-state index contributed by atoms with van der Waals surface area (Å²) in [5.41, 5.74) is 0.679. The average Bonchev–Trinajstić information content (AvgIpc) is 2.64. The molecule has 0 saturated heterocycles. The number of aromatic nitrogens is 2. The second-order valence-electron chi connectivity index (χ2n) is 3.44. The van der Waals surface area contributed by atoms with Gasteiger partial charge in [-0.3, -0.25) is 0 Å². The summed E-state index contributed by atoms with van der Waals surface area (Å²) in [5.74, 6) is 0.143. The fraction of sp³-hybridized carbons (Fsp3) is 0.182. The van der Waals surface area contributed by atoms with Gasteiger partial charge in [0.1, 0.15) is 22.5 Å². The lowest BCUT2D eigenvalue weighted by Crippen LogP contribution is -1.92. The van der Waals surface area contributed by atoms with Crippen LogP contribution >= 0.6 is 27.5 Å². The van der Waals surface area contributed by atoms with E-state index in [2.05, 4.69) is 25.9 Å². The zero-order valence-electron chi connectivity index (χ0n) is 8.67. The Morgan fingerprint density at radius 3 is 2.94 bits per heavy atom. The molecule has 17 heavy (non-hydrogen) atoms. The Morgan fingerprint density at radius 1 is 1.47 bits per heavy atom. The highest BCUT2D eigenvalue weighted by Gasteiger charge is 2.14. The third-order valence-corrected chi connectivity index (χ3v) is 3.01. The molecule has 2 rings (SSSR count). The summed E-state index contributed by atoms with van der Waals surface area (Å²) in [6.45, 7) is -0.0375. The van der Waals surface area contributed by atoms with Crippen molar-refractivity contribution in [1.29, 1.82) is 0 Å². The molecule has 2 aromatic rings. The monoisotopic (exact) mass is 318 g/mol. The van der Waals surface area contributed by atoms with Gasteiger partial charge in [0.25, 0.3) is 0 Å². The zero-order valence-corrected chi connectivity index (χ0v) is 11.0. The van der Waals surface area contributed by atoms with Crippen LogP contribution < -0.4 is 0 Å². The molecule has 0 amide bonds. The van der Waals surface area contributed by atoms with E-state index >= 15 is 0 Å². The second kappa shape index (κ2) is 5.16. The maximum atomic E-state index is 13.6. The van der Waals surface area contributed by atoms with E-state index in [1.165, 1.54) is 6.07 Å². The lowest BCUT2D eigenvalue weighted by molar-refractivity contribution is 0.297. The Labute approximate surface area is 111 Å². The molecule has 0 fully saturated rings. The highest BCUT2D eigenvalue weighted by molar-refractivity contribution is 9.10. The number of hydrogen-bond acceptors (Lipinski definition) is 2. The largest absolute Gasteiger partial charge is 0.396 e. The van der Waals surface area contributed by atoms with Gasteiger partial charge < -0.3 is 10.1 Å². The molecule has 0 aliphatic carbocycles. The van der Waals surface area contributed by atoms with E-state index in [-0.39, 0.29) is 11.8 Å². The van der Waals surface area contributed by atoms with Gasteiger partial charge in [0.2, 0.25) is 0 Å². The van der Waals surface area contributed by atoms with E-state index in [0.29, 0.717) is 23.5 Å². The molecular weight excluding hydrogens is 310 g/mol. The molecule has 6 heteroatoms. The lowest BCUT2D eigenvalue weighted by Gasteiger charge is -2.00. The van der Waals surface area contributed by atoms with Gasteiger partial charge >= 0.3 is 0 Å². The summed E-state index contributed by atoms with van der Waals surface area (Å²) in [5, 5.41) is 9.07. The van der Waals surface area contributed by atoms with Gasteiger partial charge in [-0.15, -0.1) is 0 Å². The van der Waals surface area contributed by atoms with Crippen molar-refractivity contribution in [1.82, 2.24) is 9.97 Å². The van der Waals surface area contributed by atoms with Crippen molar-refractivity contribution < 1.29 is 9.50 Å². The Bertz CT molecular complexity index is 544. The van der Waals surface area contributed by atoms with E-state index in [0.717, 1.165) is 4.47 Å². The molecule has 3 nitrogen and oxygen atoms in total. The molecule has 1 heterocycles. The number of rotatable bonds is 3. The van der Waals surface area contributed by atoms with Crippen LogP contribution in [0.5, 0.6) is 0 Å². The number of halogens is 3. The lowest BCUT2D eigenvalue weighted by atomic mass is 10.1. The maximum absolute atomic E-state index is 13.6. The van der Waals surface area contributed by atoms with Crippen molar-refractivity contribution in [3.63, 3.8) is 0 Å². The van der Waals surface area contributed by atoms with E-state index in [9.17, 15) is 4.39 Å². The Hall–Kier alpha value is -0.910. The number of nitrogens with zero attached hydrogens (tertiary/aromatic N) is 1. The first-order chi connectivity index (χ1) is 8.11. The third kappa shape index (κ3) is 2.68. The molecule has 0 radical (unpaired) electrons. The van der Waals surface area contributed by atoms with Gasteiger partial charge in [0.15, 0.2) is 0 Å². The van der Waals surface area contributed by atoms with Crippen molar-refractivity contribution in [2.75, 3.05) is 6.61 Å². The predicted molar refractivity (Wildman–Crippen MR) is 67.5 cm³/mol. The summed E-state index contributed by atoms with van der Waals surface area (Å²) in [6, 6.07) is 4.56. The summed E-state index contributed by atoms with van der Waals surface area (Å²) in [4.78, 5) is 6.97. The average molecular weight is 320 g/mol. The number of nitrogens with one attached hydrogen (secondary N) is 1. The Balaban J connectivity index is 2.48. The number of imidazole rings is 1. The quantitative estimate of drug-likeness (QED) is 0.913. The van der Waals surface area contributed by atoms with Crippen molar-refractivity contribution in [3.8, 4) is 11.3 Å². The van der Waals surface area contributed by atoms with E-state index in [4.69, 9.17) is 16.7 Å². The Morgan fingerprint density at radius 2 is 2.24 bits per heavy atom. The number of benzene rings is 1. The van der Waals surface area contributed by atoms with E-state index in [1.807, 2.05) is 0 Å². The minimum absolute atomic E-state index is 0.0375. The molecule has 0 saturated carbocycles. The van der Waals surface area contributed by atoms with Crippen LogP contribution in [0.15, 0.2) is 22.7 Å². The first-order valence-electron chi connectivity index (χ1n) is 4.92. The number of hydrogen-bond donors (Lipinski definition) is 2. The number of aliphatic hydroxyl groups is 1.